The van der Waals surface area contributed by atoms with E-state index in [9.17, 15) is 0 Å². The van der Waals surface area contributed by atoms with Gasteiger partial charge in [-0.25, -0.2) is 9.98 Å². The summed E-state index contributed by atoms with van der Waals surface area (Å²) in [6, 6.07) is 8.49. The summed E-state index contributed by atoms with van der Waals surface area (Å²) in [7, 11) is 0. The number of nitrogens with zero attached hydrogens (tertiary/aromatic N) is 3. The van der Waals surface area contributed by atoms with Crippen LogP contribution in [0.4, 0.5) is 0 Å². The summed E-state index contributed by atoms with van der Waals surface area (Å²) in [5, 5.41) is 6.53. The highest BCUT2D eigenvalue weighted by Crippen LogP contribution is 2.08. The van der Waals surface area contributed by atoms with Gasteiger partial charge in [-0.05, 0) is 25.0 Å². The number of ether oxygens (including phenoxy) is 1. The summed E-state index contributed by atoms with van der Waals surface area (Å²) in [4.78, 5) is 8.72. The molecule has 24 heavy (non-hydrogen) atoms. The molecule has 0 saturated heterocycles. The Morgan fingerprint density at radius 2 is 2.12 bits per heavy atom. The number of nitrogens with one attached hydrogen (secondary N) is 2. The molecule has 6 heteroatoms. The molecule has 6 nitrogen and oxygen atoms in total. The number of aromatic nitrogens is 2. The first-order valence-electron chi connectivity index (χ1n) is 8.45. The van der Waals surface area contributed by atoms with E-state index in [2.05, 4.69) is 56.4 Å². The molecule has 0 bridgehead atoms. The van der Waals surface area contributed by atoms with Gasteiger partial charge in [0.1, 0.15) is 0 Å². The molecule has 0 aliphatic carbocycles. The maximum atomic E-state index is 5.34. The normalized spacial score (nSPS) is 11.5. The third kappa shape index (κ3) is 6.42. The van der Waals surface area contributed by atoms with E-state index in [4.69, 9.17) is 4.74 Å². The molecule has 1 heterocycles. The summed E-state index contributed by atoms with van der Waals surface area (Å²) in [6.07, 6.45) is 5.59. The Bertz CT molecular complexity index is 610. The van der Waals surface area contributed by atoms with Crippen LogP contribution in [0.25, 0.3) is 0 Å². The molecule has 0 fully saturated rings. The van der Waals surface area contributed by atoms with Crippen molar-refractivity contribution in [2.24, 2.45) is 4.99 Å². The fourth-order valence-electron chi connectivity index (χ4n) is 2.32. The van der Waals surface area contributed by atoms with Gasteiger partial charge in [-0.3, -0.25) is 0 Å². The Labute approximate surface area is 144 Å². The highest BCUT2D eigenvalue weighted by atomic mass is 16.5. The first-order chi connectivity index (χ1) is 11.8. The number of hydrogen-bond donors (Lipinski definition) is 2. The fraction of sp³-hybridized carbons (Fsp3) is 0.444. The molecule has 2 aromatic rings. The molecule has 2 N–H and O–H groups in total. The van der Waals surface area contributed by atoms with Crippen molar-refractivity contribution in [1.82, 2.24) is 20.2 Å². The SMILES string of the molecule is CCNC(=NCc1cccc(Cn2ccnc2)c1)NCCOCC. The van der Waals surface area contributed by atoms with Gasteiger partial charge in [-0.2, -0.15) is 0 Å². The van der Waals surface area contributed by atoms with Crippen molar-refractivity contribution >= 4 is 5.96 Å². The van der Waals surface area contributed by atoms with Gasteiger partial charge in [0.15, 0.2) is 5.96 Å². The van der Waals surface area contributed by atoms with Crippen molar-refractivity contribution in [2.45, 2.75) is 26.9 Å². The Morgan fingerprint density at radius 3 is 2.88 bits per heavy atom. The third-order valence-electron chi connectivity index (χ3n) is 3.42. The molecule has 0 aliphatic rings. The number of aliphatic imine (C=N–C) groups is 1. The van der Waals surface area contributed by atoms with Crippen LogP contribution in [0.15, 0.2) is 48.0 Å². The van der Waals surface area contributed by atoms with Gasteiger partial charge in [0.2, 0.25) is 0 Å². The molecular formula is C18H27N5O. The summed E-state index contributed by atoms with van der Waals surface area (Å²) >= 11 is 0. The molecule has 0 spiro atoms. The maximum absolute atomic E-state index is 5.34. The Hall–Kier alpha value is -2.34. The summed E-state index contributed by atoms with van der Waals surface area (Å²) < 4.78 is 7.40. The predicted octanol–water partition coefficient (Wildman–Crippen LogP) is 2.02. The molecule has 0 atom stereocenters. The first kappa shape index (κ1) is 18.0. The second-order valence-electron chi connectivity index (χ2n) is 5.37. The lowest BCUT2D eigenvalue weighted by Gasteiger charge is -2.11. The second-order valence-corrected chi connectivity index (χ2v) is 5.37. The number of guanidine groups is 1. The molecule has 2 rings (SSSR count). The van der Waals surface area contributed by atoms with Crippen molar-refractivity contribution < 1.29 is 4.74 Å². The van der Waals surface area contributed by atoms with Crippen LogP contribution in [-0.2, 0) is 17.8 Å². The minimum absolute atomic E-state index is 0.641. The van der Waals surface area contributed by atoms with E-state index < -0.39 is 0 Å². The van der Waals surface area contributed by atoms with Crippen molar-refractivity contribution in [3.05, 3.63) is 54.1 Å². The van der Waals surface area contributed by atoms with Gasteiger partial charge in [-0.1, -0.05) is 24.3 Å². The van der Waals surface area contributed by atoms with Gasteiger partial charge in [0, 0.05) is 38.6 Å². The van der Waals surface area contributed by atoms with E-state index in [-0.39, 0.29) is 0 Å². The van der Waals surface area contributed by atoms with Crippen molar-refractivity contribution in [3.63, 3.8) is 0 Å². The van der Waals surface area contributed by atoms with Crippen LogP contribution in [0, 0.1) is 0 Å². The van der Waals surface area contributed by atoms with E-state index in [1.165, 1.54) is 11.1 Å². The maximum Gasteiger partial charge on any atom is 0.191 e. The molecule has 0 aliphatic heterocycles. The number of benzene rings is 1. The van der Waals surface area contributed by atoms with Crippen molar-refractivity contribution in [1.29, 1.82) is 0 Å². The summed E-state index contributed by atoms with van der Waals surface area (Å²) in [5.41, 5.74) is 2.43. The largest absolute Gasteiger partial charge is 0.380 e. The first-order valence-corrected chi connectivity index (χ1v) is 8.45. The highest BCUT2D eigenvalue weighted by molar-refractivity contribution is 5.79. The Kier molecular flexibility index (Phi) is 7.83. The van der Waals surface area contributed by atoms with Gasteiger partial charge < -0.3 is 19.9 Å². The van der Waals surface area contributed by atoms with Crippen LogP contribution in [-0.4, -0.2) is 41.8 Å². The Morgan fingerprint density at radius 1 is 1.25 bits per heavy atom. The highest BCUT2D eigenvalue weighted by Gasteiger charge is 2.00. The van der Waals surface area contributed by atoms with E-state index in [0.29, 0.717) is 13.2 Å². The van der Waals surface area contributed by atoms with Crippen LogP contribution < -0.4 is 10.6 Å². The average molecular weight is 329 g/mol. The lowest BCUT2D eigenvalue weighted by atomic mass is 10.1. The van der Waals surface area contributed by atoms with Crippen molar-refractivity contribution in [2.75, 3.05) is 26.3 Å². The quantitative estimate of drug-likeness (QED) is 0.420. The Balaban J connectivity index is 1.92. The van der Waals surface area contributed by atoms with E-state index >= 15 is 0 Å². The summed E-state index contributed by atoms with van der Waals surface area (Å²) in [6.45, 7) is 8.52. The predicted molar refractivity (Wildman–Crippen MR) is 97.1 cm³/mol. The molecule has 0 radical (unpaired) electrons. The minimum atomic E-state index is 0.641. The van der Waals surface area contributed by atoms with Crippen LogP contribution in [0.2, 0.25) is 0 Å². The molecule has 0 unspecified atom stereocenters. The van der Waals surface area contributed by atoms with Crippen LogP contribution in [0.3, 0.4) is 0 Å². The number of rotatable bonds is 9. The van der Waals surface area contributed by atoms with Crippen molar-refractivity contribution in [3.8, 4) is 0 Å². The molecule has 130 valence electrons. The zero-order valence-electron chi connectivity index (χ0n) is 14.5. The second kappa shape index (κ2) is 10.4. The van der Waals surface area contributed by atoms with Gasteiger partial charge >= 0.3 is 0 Å². The molecule has 1 aromatic heterocycles. The molecule has 1 aromatic carbocycles. The molecular weight excluding hydrogens is 302 g/mol. The van der Waals surface area contributed by atoms with E-state index in [0.717, 1.165) is 32.2 Å². The smallest absolute Gasteiger partial charge is 0.191 e. The molecule has 0 amide bonds. The summed E-state index contributed by atoms with van der Waals surface area (Å²) in [5.74, 6) is 0.817. The lowest BCUT2D eigenvalue weighted by molar-refractivity contribution is 0.152. The van der Waals surface area contributed by atoms with Gasteiger partial charge in [0.05, 0.1) is 19.5 Å². The van der Waals surface area contributed by atoms with E-state index in [1.807, 2.05) is 19.4 Å². The topological polar surface area (TPSA) is 63.5 Å². The number of imidazole rings is 1. The molecule has 0 saturated carbocycles. The van der Waals surface area contributed by atoms with Crippen LogP contribution in [0.1, 0.15) is 25.0 Å². The average Bonchev–Trinajstić information content (AvgIpc) is 3.10. The van der Waals surface area contributed by atoms with Gasteiger partial charge in [0.25, 0.3) is 0 Å². The standard InChI is InChI=1S/C18H27N5O/c1-3-20-18(21-9-11-24-4-2)22-13-16-6-5-7-17(12-16)14-23-10-8-19-15-23/h5-8,10,12,15H,3-4,9,11,13-14H2,1-2H3,(H2,20,21,22). The zero-order chi connectivity index (χ0) is 17.0. The fourth-order valence-corrected chi connectivity index (χ4v) is 2.32. The van der Waals surface area contributed by atoms with Gasteiger partial charge in [-0.15, -0.1) is 0 Å². The third-order valence-corrected chi connectivity index (χ3v) is 3.42. The van der Waals surface area contributed by atoms with Crippen LogP contribution in [0.5, 0.6) is 0 Å². The minimum Gasteiger partial charge on any atom is -0.380 e. The monoisotopic (exact) mass is 329 g/mol. The lowest BCUT2D eigenvalue weighted by Crippen LogP contribution is -2.39. The number of hydrogen-bond acceptors (Lipinski definition) is 3. The van der Waals surface area contributed by atoms with E-state index in [1.54, 1.807) is 6.20 Å². The van der Waals surface area contributed by atoms with Crippen LogP contribution >= 0.6 is 0 Å². The zero-order valence-corrected chi connectivity index (χ0v) is 14.5.